The molecule has 0 aliphatic carbocycles. The number of hydrogen-bond acceptors (Lipinski definition) is 4. The molecular formula is C22H23FN6O. The van der Waals surface area contributed by atoms with Crippen LogP contribution in [0.25, 0.3) is 28.0 Å². The molecule has 1 aromatic carbocycles. The Bertz CT molecular complexity index is 1240. The Morgan fingerprint density at radius 2 is 1.90 bits per heavy atom. The molecule has 1 amide bonds. The lowest BCUT2D eigenvalue weighted by Gasteiger charge is -2.08. The summed E-state index contributed by atoms with van der Waals surface area (Å²) in [5.74, 6) is -0.594. The van der Waals surface area contributed by atoms with Crippen LogP contribution in [0.5, 0.6) is 0 Å². The second-order valence-electron chi connectivity index (χ2n) is 7.43. The van der Waals surface area contributed by atoms with E-state index in [4.69, 9.17) is 10.7 Å². The molecule has 0 atom stereocenters. The van der Waals surface area contributed by atoms with E-state index in [0.717, 1.165) is 44.9 Å². The summed E-state index contributed by atoms with van der Waals surface area (Å²) in [7, 11) is 0. The molecule has 0 saturated heterocycles. The molecule has 30 heavy (non-hydrogen) atoms. The zero-order valence-electron chi connectivity index (χ0n) is 17.2. The number of pyridine rings is 1. The van der Waals surface area contributed by atoms with Gasteiger partial charge < -0.3 is 5.73 Å². The Morgan fingerprint density at radius 1 is 1.17 bits per heavy atom. The molecule has 4 aromatic rings. The van der Waals surface area contributed by atoms with Crippen LogP contribution in [-0.4, -0.2) is 30.5 Å². The van der Waals surface area contributed by atoms with Crippen molar-refractivity contribution >= 4 is 16.9 Å². The summed E-state index contributed by atoms with van der Waals surface area (Å²) in [5, 5.41) is 9.09. The van der Waals surface area contributed by atoms with Gasteiger partial charge in [0.05, 0.1) is 34.5 Å². The van der Waals surface area contributed by atoms with Crippen LogP contribution in [0.1, 0.15) is 29.8 Å². The van der Waals surface area contributed by atoms with E-state index in [1.54, 1.807) is 23.0 Å². The maximum atomic E-state index is 13.3. The first kappa shape index (κ1) is 19.8. The fourth-order valence-electron chi connectivity index (χ4n) is 3.85. The Kier molecular flexibility index (Phi) is 5.07. The van der Waals surface area contributed by atoms with E-state index in [9.17, 15) is 9.18 Å². The lowest BCUT2D eigenvalue weighted by Crippen LogP contribution is -2.12. The smallest absolute Gasteiger partial charge is 0.217 e. The molecule has 0 spiro atoms. The van der Waals surface area contributed by atoms with E-state index >= 15 is 0 Å². The van der Waals surface area contributed by atoms with Crippen LogP contribution in [0.2, 0.25) is 0 Å². The van der Waals surface area contributed by atoms with Crippen molar-refractivity contribution in [2.24, 2.45) is 5.73 Å². The number of aryl methyl sites for hydroxylation is 3. The third-order valence-electron chi connectivity index (χ3n) is 5.20. The maximum absolute atomic E-state index is 13.3. The molecular weight excluding hydrogens is 383 g/mol. The molecule has 3 heterocycles. The standard InChI is InChI=1S/C22H23FN6O/c1-13-11-18(26-19-12-25-28(22(13)19)10-4-5-20(24)30)21-14(2)27-29(15(21)3)17-8-6-16(23)7-9-17/h6-9,11-12H,4-5,10H2,1-3H3,(H2,24,30). The van der Waals surface area contributed by atoms with Crippen LogP contribution in [0.3, 0.4) is 0 Å². The number of rotatable bonds is 6. The van der Waals surface area contributed by atoms with Gasteiger partial charge in [-0.3, -0.25) is 9.48 Å². The van der Waals surface area contributed by atoms with Gasteiger partial charge in [0.15, 0.2) is 0 Å². The summed E-state index contributed by atoms with van der Waals surface area (Å²) in [6.07, 6.45) is 2.70. The average Bonchev–Trinajstić information content (AvgIpc) is 3.23. The second kappa shape index (κ2) is 7.70. The van der Waals surface area contributed by atoms with Crippen LogP contribution >= 0.6 is 0 Å². The minimum atomic E-state index is -0.312. The fourth-order valence-corrected chi connectivity index (χ4v) is 3.85. The Labute approximate surface area is 173 Å². The molecule has 3 aromatic heterocycles. The quantitative estimate of drug-likeness (QED) is 0.529. The van der Waals surface area contributed by atoms with Crippen LogP contribution in [0, 0.1) is 26.6 Å². The highest BCUT2D eigenvalue weighted by Crippen LogP contribution is 2.30. The van der Waals surface area contributed by atoms with Crippen molar-refractivity contribution in [1.29, 1.82) is 0 Å². The minimum absolute atomic E-state index is 0.281. The largest absolute Gasteiger partial charge is 0.370 e. The van der Waals surface area contributed by atoms with Crippen molar-refractivity contribution in [1.82, 2.24) is 24.5 Å². The molecule has 0 aliphatic rings. The molecule has 0 saturated carbocycles. The Hall–Kier alpha value is -3.55. The number of primary amides is 1. The van der Waals surface area contributed by atoms with E-state index in [2.05, 4.69) is 10.2 Å². The molecule has 2 N–H and O–H groups in total. The number of carbonyl (C=O) groups is 1. The first-order valence-corrected chi connectivity index (χ1v) is 9.79. The molecule has 154 valence electrons. The molecule has 7 nitrogen and oxygen atoms in total. The summed E-state index contributed by atoms with van der Waals surface area (Å²) < 4.78 is 17.0. The Morgan fingerprint density at radius 3 is 2.60 bits per heavy atom. The van der Waals surface area contributed by atoms with Crippen molar-refractivity contribution < 1.29 is 9.18 Å². The number of halogens is 1. The number of benzene rings is 1. The van der Waals surface area contributed by atoms with Crippen molar-refractivity contribution in [3.05, 3.63) is 59.3 Å². The molecule has 0 bridgehead atoms. The number of nitrogens with zero attached hydrogens (tertiary/aromatic N) is 5. The van der Waals surface area contributed by atoms with Gasteiger partial charge in [-0.25, -0.2) is 14.1 Å². The van der Waals surface area contributed by atoms with E-state index in [0.29, 0.717) is 19.4 Å². The lowest BCUT2D eigenvalue weighted by molar-refractivity contribution is -0.118. The highest BCUT2D eigenvalue weighted by Gasteiger charge is 2.18. The van der Waals surface area contributed by atoms with Crippen molar-refractivity contribution in [2.75, 3.05) is 0 Å². The predicted octanol–water partition coefficient (Wildman–Crippen LogP) is 3.61. The minimum Gasteiger partial charge on any atom is -0.370 e. The summed E-state index contributed by atoms with van der Waals surface area (Å²) in [4.78, 5) is 15.8. The molecule has 0 unspecified atom stereocenters. The van der Waals surface area contributed by atoms with Crippen molar-refractivity contribution in [2.45, 2.75) is 40.2 Å². The van der Waals surface area contributed by atoms with Gasteiger partial charge in [-0.05, 0) is 63.1 Å². The maximum Gasteiger partial charge on any atom is 0.217 e. The highest BCUT2D eigenvalue weighted by atomic mass is 19.1. The highest BCUT2D eigenvalue weighted by molar-refractivity contribution is 5.82. The zero-order valence-corrected chi connectivity index (χ0v) is 17.2. The van der Waals surface area contributed by atoms with Crippen LogP contribution in [-0.2, 0) is 11.3 Å². The zero-order chi connectivity index (χ0) is 21.4. The third kappa shape index (κ3) is 3.56. The van der Waals surface area contributed by atoms with Gasteiger partial charge in [-0.2, -0.15) is 10.2 Å². The molecule has 4 rings (SSSR count). The second-order valence-corrected chi connectivity index (χ2v) is 7.43. The number of hydrogen-bond donors (Lipinski definition) is 1. The van der Waals surface area contributed by atoms with Crippen molar-refractivity contribution in [3.8, 4) is 16.9 Å². The predicted molar refractivity (Wildman–Crippen MR) is 113 cm³/mol. The van der Waals surface area contributed by atoms with Crippen LogP contribution < -0.4 is 5.73 Å². The normalized spacial score (nSPS) is 11.3. The topological polar surface area (TPSA) is 91.6 Å². The van der Waals surface area contributed by atoms with Gasteiger partial charge in [0.2, 0.25) is 5.91 Å². The van der Waals surface area contributed by atoms with Gasteiger partial charge >= 0.3 is 0 Å². The fraction of sp³-hybridized carbons (Fsp3) is 0.273. The summed E-state index contributed by atoms with van der Waals surface area (Å²) >= 11 is 0. The molecule has 8 heteroatoms. The van der Waals surface area contributed by atoms with Crippen LogP contribution in [0.4, 0.5) is 4.39 Å². The first-order chi connectivity index (χ1) is 14.3. The summed E-state index contributed by atoms with van der Waals surface area (Å²) in [5.41, 5.74) is 12.3. The van der Waals surface area contributed by atoms with E-state index in [-0.39, 0.29) is 11.7 Å². The van der Waals surface area contributed by atoms with Gasteiger partial charge in [0.1, 0.15) is 11.3 Å². The summed E-state index contributed by atoms with van der Waals surface area (Å²) in [6, 6.07) is 8.28. The third-order valence-corrected chi connectivity index (χ3v) is 5.20. The average molecular weight is 406 g/mol. The monoisotopic (exact) mass is 406 g/mol. The number of fused-ring (bicyclic) bond motifs is 1. The van der Waals surface area contributed by atoms with Crippen molar-refractivity contribution in [3.63, 3.8) is 0 Å². The molecule has 0 aliphatic heterocycles. The lowest BCUT2D eigenvalue weighted by atomic mass is 10.1. The van der Waals surface area contributed by atoms with E-state index < -0.39 is 0 Å². The number of aromatic nitrogens is 5. The van der Waals surface area contributed by atoms with E-state index in [1.165, 1.54) is 12.1 Å². The van der Waals surface area contributed by atoms with Gasteiger partial charge in [0.25, 0.3) is 0 Å². The van der Waals surface area contributed by atoms with Crippen LogP contribution in [0.15, 0.2) is 36.5 Å². The summed E-state index contributed by atoms with van der Waals surface area (Å²) in [6.45, 7) is 6.55. The van der Waals surface area contributed by atoms with E-state index in [1.807, 2.05) is 31.5 Å². The number of amides is 1. The van der Waals surface area contributed by atoms with Gasteiger partial charge in [-0.1, -0.05) is 0 Å². The number of carbonyl (C=O) groups excluding carboxylic acids is 1. The molecule has 0 radical (unpaired) electrons. The molecule has 0 fully saturated rings. The first-order valence-electron chi connectivity index (χ1n) is 9.79. The number of nitrogens with two attached hydrogens (primary N) is 1. The van der Waals surface area contributed by atoms with Gasteiger partial charge in [0, 0.05) is 18.5 Å². The Balaban J connectivity index is 1.73. The van der Waals surface area contributed by atoms with Gasteiger partial charge in [-0.15, -0.1) is 0 Å². The SMILES string of the molecule is Cc1nn(-c2ccc(F)cc2)c(C)c1-c1cc(C)c2c(cnn2CCCC(N)=O)n1.